The van der Waals surface area contributed by atoms with Gasteiger partial charge in [0.1, 0.15) is 18.3 Å². The quantitative estimate of drug-likeness (QED) is 0.500. The zero-order valence-electron chi connectivity index (χ0n) is 20.1. The second-order valence-corrected chi connectivity index (χ2v) is 10.5. The van der Waals surface area contributed by atoms with E-state index in [9.17, 15) is 18.0 Å². The minimum absolute atomic E-state index is 0.0645. The molecule has 2 aromatic rings. The Morgan fingerprint density at radius 3 is 2.32 bits per heavy atom. The number of anilines is 1. The maximum absolute atomic E-state index is 13.5. The Labute approximate surface area is 206 Å². The summed E-state index contributed by atoms with van der Waals surface area (Å²) in [5, 5.41) is 3.33. The molecule has 1 N–H and O–H groups in total. The van der Waals surface area contributed by atoms with E-state index in [1.165, 1.54) is 17.0 Å². The number of methoxy groups -OCH3 is 1. The van der Waals surface area contributed by atoms with Gasteiger partial charge in [-0.3, -0.25) is 13.9 Å². The number of hydrogen-bond donors (Lipinski definition) is 1. The third-order valence-corrected chi connectivity index (χ3v) is 6.84. The summed E-state index contributed by atoms with van der Waals surface area (Å²) < 4.78 is 31.3. The van der Waals surface area contributed by atoms with Gasteiger partial charge in [0.2, 0.25) is 21.8 Å². The molecule has 0 spiro atoms. The second kappa shape index (κ2) is 12.1. The van der Waals surface area contributed by atoms with Gasteiger partial charge in [0.25, 0.3) is 0 Å². The normalized spacial score (nSPS) is 13.0. The molecule has 0 aliphatic carbocycles. The third-order valence-electron chi connectivity index (χ3n) is 5.45. The molecule has 2 atom stereocenters. The highest BCUT2D eigenvalue weighted by Gasteiger charge is 2.30. The number of amides is 2. The molecule has 186 valence electrons. The molecule has 10 heteroatoms. The molecule has 2 aromatic carbocycles. The van der Waals surface area contributed by atoms with Crippen LogP contribution in [-0.2, 0) is 26.2 Å². The summed E-state index contributed by atoms with van der Waals surface area (Å²) in [5.74, 6) is -0.224. The van der Waals surface area contributed by atoms with Crippen molar-refractivity contribution >= 4 is 39.1 Å². The van der Waals surface area contributed by atoms with E-state index < -0.39 is 28.5 Å². The highest BCUT2D eigenvalue weighted by atomic mass is 35.5. The van der Waals surface area contributed by atoms with Crippen molar-refractivity contribution in [1.29, 1.82) is 0 Å². The Bertz CT molecular complexity index is 1090. The first-order valence-electron chi connectivity index (χ1n) is 10.9. The van der Waals surface area contributed by atoms with Crippen molar-refractivity contribution in [3.05, 3.63) is 59.1 Å². The monoisotopic (exact) mass is 509 g/mol. The van der Waals surface area contributed by atoms with E-state index in [-0.39, 0.29) is 18.5 Å². The Kier molecular flexibility index (Phi) is 9.76. The van der Waals surface area contributed by atoms with Gasteiger partial charge < -0.3 is 15.0 Å². The second-order valence-electron chi connectivity index (χ2n) is 8.11. The van der Waals surface area contributed by atoms with Crippen molar-refractivity contribution in [2.24, 2.45) is 0 Å². The summed E-state index contributed by atoms with van der Waals surface area (Å²) >= 11 is 5.93. The van der Waals surface area contributed by atoms with Crippen LogP contribution in [0.1, 0.15) is 32.8 Å². The van der Waals surface area contributed by atoms with Crippen LogP contribution in [0.25, 0.3) is 0 Å². The number of halogens is 1. The van der Waals surface area contributed by atoms with E-state index >= 15 is 0 Å². The highest BCUT2D eigenvalue weighted by molar-refractivity contribution is 7.92. The summed E-state index contributed by atoms with van der Waals surface area (Å²) in [6, 6.07) is 12.4. The first kappa shape index (κ1) is 27.5. The van der Waals surface area contributed by atoms with Gasteiger partial charge in [-0.05, 0) is 62.2 Å². The Morgan fingerprint density at radius 2 is 1.76 bits per heavy atom. The minimum Gasteiger partial charge on any atom is -0.497 e. The number of nitrogens with zero attached hydrogens (tertiary/aromatic N) is 2. The molecule has 0 aromatic heterocycles. The molecule has 0 bridgehead atoms. The first-order chi connectivity index (χ1) is 16.0. The molecular formula is C24H32ClN3O5S. The fraction of sp³-hybridized carbons (Fsp3) is 0.417. The van der Waals surface area contributed by atoms with Crippen LogP contribution in [0.4, 0.5) is 5.69 Å². The molecule has 2 unspecified atom stereocenters. The van der Waals surface area contributed by atoms with Crippen molar-refractivity contribution in [2.45, 2.75) is 45.8 Å². The van der Waals surface area contributed by atoms with Crippen LogP contribution in [0, 0.1) is 0 Å². The van der Waals surface area contributed by atoms with E-state index in [1.807, 2.05) is 19.9 Å². The van der Waals surface area contributed by atoms with Crippen molar-refractivity contribution < 1.29 is 22.7 Å². The van der Waals surface area contributed by atoms with Crippen LogP contribution in [0.2, 0.25) is 5.02 Å². The van der Waals surface area contributed by atoms with Gasteiger partial charge in [0.15, 0.2) is 0 Å². The third kappa shape index (κ3) is 7.63. The molecule has 2 amide bonds. The molecule has 0 fully saturated rings. The van der Waals surface area contributed by atoms with Gasteiger partial charge in [-0.15, -0.1) is 0 Å². The zero-order chi connectivity index (χ0) is 25.5. The fourth-order valence-electron chi connectivity index (χ4n) is 3.24. The predicted molar refractivity (Wildman–Crippen MR) is 135 cm³/mol. The number of rotatable bonds is 11. The molecule has 34 heavy (non-hydrogen) atoms. The summed E-state index contributed by atoms with van der Waals surface area (Å²) in [7, 11) is -2.25. The molecule has 2 rings (SSSR count). The van der Waals surface area contributed by atoms with E-state index in [0.29, 0.717) is 16.5 Å². The summed E-state index contributed by atoms with van der Waals surface area (Å²) in [5.41, 5.74) is 1.05. The number of ether oxygens (including phenoxy) is 1. The van der Waals surface area contributed by atoms with Gasteiger partial charge in [-0.25, -0.2) is 8.42 Å². The first-order valence-corrected chi connectivity index (χ1v) is 13.1. The van der Waals surface area contributed by atoms with Crippen molar-refractivity contribution in [2.75, 3.05) is 24.2 Å². The molecule has 0 aliphatic rings. The average Bonchev–Trinajstić information content (AvgIpc) is 2.80. The summed E-state index contributed by atoms with van der Waals surface area (Å²) in [6.45, 7) is 5.09. The molecule has 8 nitrogen and oxygen atoms in total. The largest absolute Gasteiger partial charge is 0.497 e. The lowest BCUT2D eigenvalue weighted by Crippen LogP contribution is -2.52. The molecular weight excluding hydrogens is 478 g/mol. The Hall–Kier alpha value is -2.78. The number of carbonyl (C=O) groups is 2. The van der Waals surface area contributed by atoms with Crippen LogP contribution in [-0.4, -0.2) is 57.1 Å². The van der Waals surface area contributed by atoms with Gasteiger partial charge in [-0.2, -0.15) is 0 Å². The van der Waals surface area contributed by atoms with Gasteiger partial charge >= 0.3 is 0 Å². The number of sulfonamides is 1. The molecule has 0 saturated heterocycles. The smallest absolute Gasteiger partial charge is 0.244 e. The standard InChI is InChI=1S/C24H32ClN3O5S/c1-6-17(2)26-24(30)18(3)27(15-19-8-7-9-22(14-19)33-4)23(29)16-28(34(5,31)32)21-12-10-20(25)11-13-21/h7-14,17-18H,6,15-16H2,1-5H3,(H,26,30). The van der Waals surface area contributed by atoms with Crippen LogP contribution >= 0.6 is 11.6 Å². The Balaban J connectivity index is 2.39. The molecule has 0 heterocycles. The Morgan fingerprint density at radius 1 is 1.12 bits per heavy atom. The van der Waals surface area contributed by atoms with Gasteiger partial charge in [0, 0.05) is 17.6 Å². The van der Waals surface area contributed by atoms with Crippen molar-refractivity contribution in [3.63, 3.8) is 0 Å². The van der Waals surface area contributed by atoms with E-state index in [0.717, 1.165) is 22.5 Å². The SMILES string of the molecule is CCC(C)NC(=O)C(C)N(Cc1cccc(OC)c1)C(=O)CN(c1ccc(Cl)cc1)S(C)(=O)=O. The van der Waals surface area contributed by atoms with E-state index in [4.69, 9.17) is 16.3 Å². The highest BCUT2D eigenvalue weighted by Crippen LogP contribution is 2.22. The molecule has 0 radical (unpaired) electrons. The van der Waals surface area contributed by atoms with E-state index in [1.54, 1.807) is 44.4 Å². The number of nitrogens with one attached hydrogen (secondary N) is 1. The zero-order valence-corrected chi connectivity index (χ0v) is 21.7. The van der Waals surface area contributed by atoms with Crippen LogP contribution < -0.4 is 14.4 Å². The topological polar surface area (TPSA) is 96.0 Å². The lowest BCUT2D eigenvalue weighted by Gasteiger charge is -2.32. The fourth-order valence-corrected chi connectivity index (χ4v) is 4.21. The van der Waals surface area contributed by atoms with E-state index in [2.05, 4.69) is 5.32 Å². The van der Waals surface area contributed by atoms with Gasteiger partial charge in [-0.1, -0.05) is 30.7 Å². The summed E-state index contributed by atoms with van der Waals surface area (Å²) in [4.78, 5) is 27.7. The van der Waals surface area contributed by atoms with Crippen LogP contribution in [0.3, 0.4) is 0 Å². The molecule has 0 saturated carbocycles. The van der Waals surface area contributed by atoms with Crippen LogP contribution in [0.15, 0.2) is 48.5 Å². The lowest BCUT2D eigenvalue weighted by atomic mass is 10.1. The van der Waals surface area contributed by atoms with Gasteiger partial charge in [0.05, 0.1) is 19.1 Å². The maximum Gasteiger partial charge on any atom is 0.244 e. The van der Waals surface area contributed by atoms with Crippen molar-refractivity contribution in [1.82, 2.24) is 10.2 Å². The van der Waals surface area contributed by atoms with Crippen molar-refractivity contribution in [3.8, 4) is 5.75 Å². The number of benzene rings is 2. The number of carbonyl (C=O) groups excluding carboxylic acids is 2. The molecule has 0 aliphatic heterocycles. The average molecular weight is 510 g/mol. The van der Waals surface area contributed by atoms with Crippen LogP contribution in [0.5, 0.6) is 5.75 Å². The summed E-state index contributed by atoms with van der Waals surface area (Å²) in [6.07, 6.45) is 1.76. The minimum atomic E-state index is -3.79. The maximum atomic E-state index is 13.5. The predicted octanol–water partition coefficient (Wildman–Crippen LogP) is 3.45. The lowest BCUT2D eigenvalue weighted by molar-refractivity contribution is -0.139. The number of hydrogen-bond acceptors (Lipinski definition) is 5.